The molecule has 3 heteroatoms. The van der Waals surface area contributed by atoms with Crippen LogP contribution < -0.4 is 8.79 Å². The van der Waals surface area contributed by atoms with Crippen LogP contribution in [0.5, 0.6) is 0 Å². The third kappa shape index (κ3) is 4.09. The summed E-state index contributed by atoms with van der Waals surface area (Å²) in [6.45, 7) is 4.32. The molecule has 0 radical (unpaired) electrons. The molecule has 0 unspecified atom stereocenters. The van der Waals surface area contributed by atoms with Crippen molar-refractivity contribution in [1.82, 2.24) is 4.98 Å². The Hall–Kier alpha value is -1.06. The maximum atomic E-state index is 5.14. The molecule has 1 aromatic heterocycles. The zero-order valence-corrected chi connectivity index (χ0v) is 21.7. The fraction of sp³-hybridized carbons (Fsp3) is 0.348. The molecule has 1 nitrogen and oxygen atoms in total. The summed E-state index contributed by atoms with van der Waals surface area (Å²) in [5.74, 6) is 14.9. The predicted octanol–water partition coefficient (Wildman–Crippen LogP) is 5.61. The second-order valence-electron chi connectivity index (χ2n) is 9.66. The second-order valence-corrected chi connectivity index (χ2v) is 30.9. The molecule has 0 amide bonds. The van der Waals surface area contributed by atoms with Gasteiger partial charge in [-0.05, 0) is 0 Å². The molecule has 0 aliphatic heterocycles. The molecule has 0 fully saturated rings. The van der Waals surface area contributed by atoms with Gasteiger partial charge in [0.05, 0.1) is 0 Å². The number of hydrogen-bond acceptors (Lipinski definition) is 1. The fourth-order valence-corrected chi connectivity index (χ4v) is 9.99. The summed E-state index contributed by atoms with van der Waals surface area (Å²) in [4.78, 5) is 5.14. The molecule has 0 spiro atoms. The van der Waals surface area contributed by atoms with Gasteiger partial charge in [-0.15, -0.1) is 0 Å². The zero-order chi connectivity index (χ0) is 19.3. The molecule has 3 rings (SSSR count). The Labute approximate surface area is 164 Å². The Morgan fingerprint density at radius 1 is 0.692 bits per heavy atom. The van der Waals surface area contributed by atoms with Crippen LogP contribution in [-0.2, 0) is 0 Å². The average Bonchev–Trinajstić information content (AvgIpc) is 2.50. The average molecular weight is 467 g/mol. The van der Waals surface area contributed by atoms with Crippen molar-refractivity contribution in [2.45, 2.75) is 48.4 Å². The van der Waals surface area contributed by atoms with Gasteiger partial charge >= 0.3 is 164 Å². The van der Waals surface area contributed by atoms with Crippen LogP contribution in [0.25, 0.3) is 22.2 Å². The van der Waals surface area contributed by atoms with Crippen molar-refractivity contribution < 1.29 is 0 Å². The molecule has 1 heterocycles. The quantitative estimate of drug-likeness (QED) is 0.457. The van der Waals surface area contributed by atoms with Crippen molar-refractivity contribution in [3.8, 4) is 11.3 Å². The van der Waals surface area contributed by atoms with Crippen molar-refractivity contribution in [3.63, 3.8) is 0 Å². The van der Waals surface area contributed by atoms with Gasteiger partial charge in [-0.2, -0.15) is 0 Å². The molecular weight excluding hydrogens is 435 g/mol. The number of pyridine rings is 1. The van der Waals surface area contributed by atoms with E-state index in [2.05, 4.69) is 90.8 Å². The van der Waals surface area contributed by atoms with E-state index >= 15 is 0 Å². The fourth-order valence-electron chi connectivity index (χ4n) is 3.57. The minimum absolute atomic E-state index is 1.09. The topological polar surface area (TPSA) is 12.9 Å². The molecule has 26 heavy (non-hydrogen) atoms. The van der Waals surface area contributed by atoms with E-state index in [0.29, 0.717) is 0 Å². The normalized spacial score (nSPS) is 12.6. The molecule has 0 N–H and O–H groups in total. The third-order valence-electron chi connectivity index (χ3n) is 5.00. The molecule has 2 aromatic carbocycles. The summed E-state index contributed by atoms with van der Waals surface area (Å²) < 4.78 is 3.19. The Balaban J connectivity index is 2.29. The van der Waals surface area contributed by atoms with Gasteiger partial charge in [0.1, 0.15) is 0 Å². The number of nitrogens with zero attached hydrogens (tertiary/aromatic N) is 1. The Bertz CT molecular complexity index is 956. The molecule has 0 aliphatic rings. The van der Waals surface area contributed by atoms with Gasteiger partial charge in [0.2, 0.25) is 0 Å². The van der Waals surface area contributed by atoms with E-state index in [1.165, 1.54) is 27.6 Å². The summed E-state index contributed by atoms with van der Waals surface area (Å²) in [5, 5.41) is 1.38. The zero-order valence-electron chi connectivity index (χ0n) is 17.5. The van der Waals surface area contributed by atoms with Crippen LogP contribution in [0.1, 0.15) is 11.1 Å². The maximum absolute atomic E-state index is 5.14. The third-order valence-corrected chi connectivity index (χ3v) is 13.5. The SMILES string of the molecule is Cc1cc(C)cc(-c2ccc3[c]([Ge]([CH3])([CH3])[CH3])c[c]([Ge]([CH3])([CH3])[CH3])cc3n2)c1. The first-order chi connectivity index (χ1) is 11.9. The van der Waals surface area contributed by atoms with Crippen molar-refractivity contribution in [3.05, 3.63) is 53.6 Å². The summed E-state index contributed by atoms with van der Waals surface area (Å²) in [7, 11) is 0. The number of aromatic nitrogens is 1. The van der Waals surface area contributed by atoms with Gasteiger partial charge in [-0.3, -0.25) is 0 Å². The molecule has 0 atom stereocenters. The van der Waals surface area contributed by atoms with Crippen LogP contribution >= 0.6 is 0 Å². The number of aryl methyl sites for hydroxylation is 2. The van der Waals surface area contributed by atoms with E-state index < -0.39 is 26.5 Å². The van der Waals surface area contributed by atoms with Crippen molar-refractivity contribution in [1.29, 1.82) is 0 Å². The van der Waals surface area contributed by atoms with E-state index in [1.807, 2.05) is 0 Å². The standard InChI is InChI=1S/C23H31Ge2N/c1-16-11-17(2)13-18(12-16)22-10-9-20-21(25(6,7)8)14-19(24(3,4)5)15-23(20)26-22/h9-15H,1-8H3. The van der Waals surface area contributed by atoms with E-state index in [-0.39, 0.29) is 0 Å². The Morgan fingerprint density at radius 2 is 1.31 bits per heavy atom. The van der Waals surface area contributed by atoms with E-state index in [0.717, 1.165) is 5.69 Å². The van der Waals surface area contributed by atoms with Crippen LogP contribution in [0.15, 0.2) is 42.5 Å². The van der Waals surface area contributed by atoms with Gasteiger partial charge < -0.3 is 0 Å². The summed E-state index contributed by atoms with van der Waals surface area (Å²) in [5.41, 5.74) is 6.10. The van der Waals surface area contributed by atoms with Gasteiger partial charge in [0.15, 0.2) is 0 Å². The summed E-state index contributed by atoms with van der Waals surface area (Å²) in [6, 6.07) is 16.2. The van der Waals surface area contributed by atoms with Crippen molar-refractivity contribution in [2.75, 3.05) is 0 Å². The molecule has 0 saturated carbocycles. The Kier molecular flexibility index (Phi) is 5.17. The molecule has 3 aromatic rings. The van der Waals surface area contributed by atoms with Gasteiger partial charge in [0.25, 0.3) is 0 Å². The molecule has 0 bridgehead atoms. The van der Waals surface area contributed by atoms with E-state index in [1.54, 1.807) is 8.79 Å². The van der Waals surface area contributed by atoms with Crippen LogP contribution in [0, 0.1) is 13.8 Å². The Morgan fingerprint density at radius 3 is 1.85 bits per heavy atom. The van der Waals surface area contributed by atoms with Gasteiger partial charge in [-0.1, -0.05) is 0 Å². The minimum atomic E-state index is -1.97. The van der Waals surface area contributed by atoms with Crippen molar-refractivity contribution >= 4 is 46.2 Å². The second kappa shape index (κ2) is 6.83. The first kappa shape index (κ1) is 19.7. The summed E-state index contributed by atoms with van der Waals surface area (Å²) >= 11 is -3.89. The van der Waals surface area contributed by atoms with Crippen LogP contribution in [0.3, 0.4) is 0 Å². The van der Waals surface area contributed by atoms with Gasteiger partial charge in [0, 0.05) is 0 Å². The number of benzene rings is 2. The molecular formula is C23H31Ge2N. The van der Waals surface area contributed by atoms with Gasteiger partial charge in [-0.25, -0.2) is 0 Å². The van der Waals surface area contributed by atoms with E-state index in [4.69, 9.17) is 4.98 Å². The number of hydrogen-bond donors (Lipinski definition) is 0. The molecule has 0 aliphatic carbocycles. The molecule has 0 saturated heterocycles. The van der Waals surface area contributed by atoms with Crippen molar-refractivity contribution in [2.24, 2.45) is 0 Å². The van der Waals surface area contributed by atoms with E-state index in [9.17, 15) is 0 Å². The first-order valence-electron chi connectivity index (χ1n) is 9.49. The number of fused-ring (bicyclic) bond motifs is 1. The summed E-state index contributed by atoms with van der Waals surface area (Å²) in [6.07, 6.45) is 0. The number of rotatable bonds is 3. The van der Waals surface area contributed by atoms with Crippen LogP contribution in [0.2, 0.25) is 34.5 Å². The predicted molar refractivity (Wildman–Crippen MR) is 123 cm³/mol. The monoisotopic (exact) mass is 469 g/mol. The van der Waals surface area contributed by atoms with Crippen LogP contribution in [0.4, 0.5) is 0 Å². The first-order valence-corrected chi connectivity index (χ1v) is 24.2. The van der Waals surface area contributed by atoms with Crippen LogP contribution in [-0.4, -0.2) is 31.5 Å². The molecule has 136 valence electrons.